The van der Waals surface area contributed by atoms with E-state index < -0.39 is 35.4 Å². The molecular formula is C34H39ClN4O6S. The number of halogens is 1. The number of methoxy groups -OCH3 is 1. The van der Waals surface area contributed by atoms with Crippen LogP contribution >= 0.6 is 22.9 Å². The van der Waals surface area contributed by atoms with Crippen molar-refractivity contribution >= 4 is 51.6 Å². The van der Waals surface area contributed by atoms with Gasteiger partial charge < -0.3 is 24.8 Å². The predicted molar refractivity (Wildman–Crippen MR) is 176 cm³/mol. The van der Waals surface area contributed by atoms with Gasteiger partial charge in [0.2, 0.25) is 11.8 Å². The molecule has 10 nitrogen and oxygen atoms in total. The van der Waals surface area contributed by atoms with Gasteiger partial charge in [-0.2, -0.15) is 0 Å². The predicted octanol–water partition coefficient (Wildman–Crippen LogP) is 6.08. The van der Waals surface area contributed by atoms with E-state index in [0.717, 1.165) is 30.0 Å². The number of pyridine rings is 1. The molecule has 244 valence electrons. The van der Waals surface area contributed by atoms with Crippen LogP contribution in [0, 0.1) is 17.8 Å². The lowest BCUT2D eigenvalue weighted by Gasteiger charge is -2.26. The van der Waals surface area contributed by atoms with Crippen molar-refractivity contribution < 1.29 is 29.0 Å². The van der Waals surface area contributed by atoms with Gasteiger partial charge in [-0.15, -0.1) is 11.3 Å². The number of nitrogens with zero attached hydrogens (tertiary/aromatic N) is 3. The average Bonchev–Trinajstić information content (AvgIpc) is 3.33. The van der Waals surface area contributed by atoms with Crippen molar-refractivity contribution in [1.29, 1.82) is 0 Å². The molecule has 0 radical (unpaired) electrons. The van der Waals surface area contributed by atoms with Crippen molar-refractivity contribution in [3.8, 4) is 22.2 Å². The monoisotopic (exact) mass is 666 g/mol. The lowest BCUT2D eigenvalue weighted by atomic mass is 9.93. The number of hydrogen-bond donors (Lipinski definition) is 2. The molecule has 2 fully saturated rings. The minimum atomic E-state index is -1.34. The quantitative estimate of drug-likeness (QED) is 0.303. The Morgan fingerprint density at radius 2 is 1.96 bits per heavy atom. The van der Waals surface area contributed by atoms with Crippen LogP contribution in [0.5, 0.6) is 11.5 Å². The first kappa shape index (κ1) is 32.2. The summed E-state index contributed by atoms with van der Waals surface area (Å²) in [6.45, 7) is 4.74. The van der Waals surface area contributed by atoms with Gasteiger partial charge in [0.05, 0.1) is 30.2 Å². The Morgan fingerprint density at radius 3 is 2.67 bits per heavy atom. The zero-order valence-electron chi connectivity index (χ0n) is 26.4. The van der Waals surface area contributed by atoms with Gasteiger partial charge in [-0.3, -0.25) is 9.59 Å². The second kappa shape index (κ2) is 12.8. The summed E-state index contributed by atoms with van der Waals surface area (Å²) in [6, 6.07) is 5.42. The summed E-state index contributed by atoms with van der Waals surface area (Å²) in [4.78, 5) is 51.3. The third kappa shape index (κ3) is 6.07. The highest BCUT2D eigenvalue weighted by Crippen LogP contribution is 2.47. The van der Waals surface area contributed by atoms with Gasteiger partial charge >= 0.3 is 5.97 Å². The number of rotatable bonds is 6. The Balaban J connectivity index is 1.35. The van der Waals surface area contributed by atoms with Crippen LogP contribution in [0.4, 0.5) is 0 Å². The van der Waals surface area contributed by atoms with Crippen molar-refractivity contribution in [2.75, 3.05) is 20.7 Å². The fraction of sp³-hybridized carbons (Fsp3) is 0.500. The van der Waals surface area contributed by atoms with Crippen LogP contribution in [0.15, 0.2) is 35.7 Å². The van der Waals surface area contributed by atoms with Crippen LogP contribution in [0.25, 0.3) is 21.6 Å². The molecule has 2 aliphatic carbocycles. The number of benzene rings is 1. The Labute approximate surface area is 277 Å². The summed E-state index contributed by atoms with van der Waals surface area (Å²) in [5.41, 5.74) is 0.705. The number of carboxylic acids is 1. The summed E-state index contributed by atoms with van der Waals surface area (Å²) >= 11 is 8.24. The highest BCUT2D eigenvalue weighted by Gasteiger charge is 2.61. The van der Waals surface area contributed by atoms with Crippen molar-refractivity contribution in [2.45, 2.75) is 69.9 Å². The van der Waals surface area contributed by atoms with Crippen LogP contribution in [-0.2, 0) is 14.4 Å². The van der Waals surface area contributed by atoms with E-state index in [0.29, 0.717) is 52.5 Å². The molecule has 12 heteroatoms. The largest absolute Gasteiger partial charge is 0.495 e. The van der Waals surface area contributed by atoms with Crippen molar-refractivity contribution in [3.05, 3.63) is 46.4 Å². The molecule has 2 aromatic heterocycles. The number of amides is 2. The molecule has 2 amide bonds. The molecule has 46 heavy (non-hydrogen) atoms. The standard InChI is InChI=1S/C34H39ClN4O6S/c1-18(2)25-17-46-31(37-25)24-15-27(21-10-11-26(44-4)28(35)29(21)36-24)45-20-13-22-23(14-20)32(41)39(3)12-8-6-5-7-9-19-16-34(19,33(42)43)38-30(22)40/h7,9-11,15,17-20,22-23H,5-6,8,12-14,16H2,1-4H3,(H,38,40)(H,42,43)/b9-7-/t19?,20-,22-,23-,34-/m1/s1. The highest BCUT2D eigenvalue weighted by atomic mass is 35.5. The number of hydrogen-bond acceptors (Lipinski definition) is 8. The van der Waals surface area contributed by atoms with E-state index in [1.54, 1.807) is 25.1 Å². The second-order valence-corrected chi connectivity index (χ2v) is 14.1. The highest BCUT2D eigenvalue weighted by molar-refractivity contribution is 7.13. The normalized spacial score (nSPS) is 27.5. The van der Waals surface area contributed by atoms with Gasteiger partial charge in [-0.25, -0.2) is 14.8 Å². The first-order valence-electron chi connectivity index (χ1n) is 15.8. The van der Waals surface area contributed by atoms with E-state index in [9.17, 15) is 19.5 Å². The number of carboxylic acid groups (broad SMARTS) is 1. The van der Waals surface area contributed by atoms with E-state index in [-0.39, 0.29) is 24.2 Å². The number of allylic oxidation sites excluding steroid dienone is 1. The van der Waals surface area contributed by atoms with Crippen LogP contribution in [0.2, 0.25) is 5.02 Å². The van der Waals surface area contributed by atoms with Gasteiger partial charge in [0, 0.05) is 36.3 Å². The number of nitrogens with one attached hydrogen (secondary N) is 1. The SMILES string of the molecule is COc1ccc2c(O[C@@H]3C[C@H]4C(=O)N[C@]5(C(=O)O)CC5/C=C\CCCCN(C)C(=O)[C@@H]4C3)cc(-c3nc(C(C)C)cs3)nc2c1Cl. The Morgan fingerprint density at radius 1 is 1.17 bits per heavy atom. The number of carbonyl (C=O) groups excluding carboxylic acids is 2. The smallest absolute Gasteiger partial charge is 0.330 e. The lowest BCUT2D eigenvalue weighted by Crippen LogP contribution is -2.49. The third-order valence-electron chi connectivity index (χ3n) is 9.47. The zero-order chi connectivity index (χ0) is 32.7. The maximum absolute atomic E-state index is 13.8. The zero-order valence-corrected chi connectivity index (χ0v) is 28.0. The number of fused-ring (bicyclic) bond motifs is 3. The fourth-order valence-electron chi connectivity index (χ4n) is 6.61. The molecular weight excluding hydrogens is 628 g/mol. The molecule has 0 saturated heterocycles. The summed E-state index contributed by atoms with van der Waals surface area (Å²) in [5.74, 6) is -2.04. The molecule has 5 atom stereocenters. The first-order valence-corrected chi connectivity index (χ1v) is 17.0. The van der Waals surface area contributed by atoms with Crippen LogP contribution < -0.4 is 14.8 Å². The number of ether oxygens (including phenoxy) is 2. The molecule has 3 aliphatic rings. The lowest BCUT2D eigenvalue weighted by molar-refractivity contribution is -0.145. The maximum atomic E-state index is 13.8. The van der Waals surface area contributed by atoms with Gasteiger partial charge in [-0.1, -0.05) is 37.6 Å². The van der Waals surface area contributed by atoms with Crippen molar-refractivity contribution in [3.63, 3.8) is 0 Å². The van der Waals surface area contributed by atoms with Crippen LogP contribution in [0.1, 0.15) is 64.0 Å². The summed E-state index contributed by atoms with van der Waals surface area (Å²) < 4.78 is 12.1. The minimum Gasteiger partial charge on any atom is -0.495 e. The van der Waals surface area contributed by atoms with Gasteiger partial charge in [-0.05, 0) is 56.6 Å². The van der Waals surface area contributed by atoms with E-state index in [1.165, 1.54) is 11.3 Å². The minimum absolute atomic E-state index is 0.132. The topological polar surface area (TPSA) is 131 Å². The van der Waals surface area contributed by atoms with E-state index in [4.69, 9.17) is 31.0 Å². The van der Waals surface area contributed by atoms with Gasteiger partial charge in [0.1, 0.15) is 38.9 Å². The summed E-state index contributed by atoms with van der Waals surface area (Å²) in [5, 5.41) is 16.7. The first-order chi connectivity index (χ1) is 22.0. The van der Waals surface area contributed by atoms with Crippen molar-refractivity contribution in [1.82, 2.24) is 20.2 Å². The van der Waals surface area contributed by atoms with E-state index >= 15 is 0 Å². The average molecular weight is 667 g/mol. The molecule has 3 heterocycles. The van der Waals surface area contributed by atoms with Gasteiger partial charge in [0.15, 0.2) is 0 Å². The molecule has 2 N–H and O–H groups in total. The van der Waals surface area contributed by atoms with E-state index in [1.807, 2.05) is 29.7 Å². The molecule has 6 rings (SSSR count). The number of thiazole rings is 1. The molecule has 1 aliphatic heterocycles. The Hall–Kier alpha value is -3.70. The Bertz CT molecular complexity index is 1710. The molecule has 1 aromatic carbocycles. The van der Waals surface area contributed by atoms with E-state index in [2.05, 4.69) is 19.2 Å². The van der Waals surface area contributed by atoms with Gasteiger partial charge in [0.25, 0.3) is 0 Å². The fourth-order valence-corrected chi connectivity index (χ4v) is 7.84. The number of carbonyl (C=O) groups is 3. The van der Waals surface area contributed by atoms with Crippen molar-refractivity contribution in [2.24, 2.45) is 17.8 Å². The Kier molecular flexibility index (Phi) is 9.00. The summed E-state index contributed by atoms with van der Waals surface area (Å²) in [7, 11) is 3.31. The second-order valence-electron chi connectivity index (χ2n) is 12.9. The molecule has 0 bridgehead atoms. The maximum Gasteiger partial charge on any atom is 0.330 e. The number of aliphatic carboxylic acids is 1. The van der Waals surface area contributed by atoms with Crippen LogP contribution in [-0.4, -0.2) is 70.1 Å². The molecule has 1 unspecified atom stereocenters. The van der Waals surface area contributed by atoms with Crippen LogP contribution in [0.3, 0.4) is 0 Å². The summed E-state index contributed by atoms with van der Waals surface area (Å²) in [6.07, 6.45) is 6.79. The molecule has 3 aromatic rings. The third-order valence-corrected chi connectivity index (χ3v) is 10.7. The molecule has 0 spiro atoms. The number of aromatic nitrogens is 2. The molecule has 2 saturated carbocycles.